The zero-order valence-electron chi connectivity index (χ0n) is 20.2. The molecule has 1 fully saturated rings. The van der Waals surface area contributed by atoms with E-state index in [9.17, 15) is 49.4 Å². The third kappa shape index (κ3) is 7.00. The van der Waals surface area contributed by atoms with Crippen molar-refractivity contribution in [2.45, 2.75) is 69.6 Å². The quantitative estimate of drug-likeness (QED) is 0.348. The van der Waals surface area contributed by atoms with Gasteiger partial charge in [0.2, 0.25) is 0 Å². The number of hydrogen-bond acceptors (Lipinski definition) is 2. The Bertz CT molecular complexity index is 1110. The number of alkyl halides is 9. The zero-order valence-corrected chi connectivity index (χ0v) is 20.2. The summed E-state index contributed by atoms with van der Waals surface area (Å²) < 4.78 is 122. The lowest BCUT2D eigenvalue weighted by atomic mass is 9.82. The summed E-state index contributed by atoms with van der Waals surface area (Å²) in [7, 11) is 0. The molecule has 2 aromatic rings. The predicted octanol–water partition coefficient (Wildman–Crippen LogP) is 8.51. The average Bonchev–Trinajstić information content (AvgIpc) is 2.80. The molecule has 3 unspecified atom stereocenters. The van der Waals surface area contributed by atoms with E-state index in [0.717, 1.165) is 12.1 Å². The molecule has 2 aromatic carbocycles. The molecule has 12 heteroatoms. The van der Waals surface area contributed by atoms with Gasteiger partial charge in [-0.05, 0) is 73.2 Å². The molecule has 1 saturated heterocycles. The van der Waals surface area contributed by atoms with Crippen LogP contribution in [0.15, 0.2) is 42.5 Å². The number of rotatable bonds is 7. The van der Waals surface area contributed by atoms with Gasteiger partial charge in [-0.25, -0.2) is 0 Å². The third-order valence-corrected chi connectivity index (χ3v) is 6.84. The summed E-state index contributed by atoms with van der Waals surface area (Å²) in [5, 5.41) is 9.25. The molecule has 3 rings (SSSR count). The normalized spacial score (nSPS) is 20.4. The van der Waals surface area contributed by atoms with Crippen LogP contribution >= 0.6 is 0 Å². The average molecular weight is 555 g/mol. The molecule has 3 nitrogen and oxygen atoms in total. The Hall–Kier alpha value is -2.76. The molecular weight excluding hydrogens is 529 g/mol. The van der Waals surface area contributed by atoms with E-state index >= 15 is 0 Å². The molecule has 0 aromatic heterocycles. The number of carboxylic acid groups (broad SMARTS) is 1. The Kier molecular flexibility index (Phi) is 8.74. The van der Waals surface area contributed by atoms with Crippen molar-refractivity contribution < 1.29 is 49.4 Å². The molecule has 0 radical (unpaired) electrons. The molecule has 3 atom stereocenters. The molecule has 1 heterocycles. The van der Waals surface area contributed by atoms with Gasteiger partial charge in [0.15, 0.2) is 0 Å². The summed E-state index contributed by atoms with van der Waals surface area (Å²) >= 11 is 0. The second-order valence-corrected chi connectivity index (χ2v) is 9.46. The van der Waals surface area contributed by atoms with Crippen molar-refractivity contribution in [3.05, 3.63) is 70.3 Å². The first-order valence-corrected chi connectivity index (χ1v) is 11.9. The lowest BCUT2D eigenvalue weighted by Gasteiger charge is -2.45. The highest BCUT2D eigenvalue weighted by molar-refractivity contribution is 5.67. The van der Waals surface area contributed by atoms with Crippen molar-refractivity contribution in [2.24, 2.45) is 5.92 Å². The Balaban J connectivity index is 2.14. The molecule has 38 heavy (non-hydrogen) atoms. The summed E-state index contributed by atoms with van der Waals surface area (Å²) in [6, 6.07) is 3.36. The SMILES string of the molecule is CCCC(c1cc(C(F)(F)F)ccc1C(F)(F)F)N1CCC(CC(=O)O)CC1c1ccc(C(F)(F)F)cc1. The van der Waals surface area contributed by atoms with Crippen LogP contribution in [-0.4, -0.2) is 22.5 Å². The first kappa shape index (κ1) is 29.8. The molecule has 1 N–H and O–H groups in total. The maximum Gasteiger partial charge on any atom is 0.416 e. The molecule has 1 aliphatic rings. The lowest BCUT2D eigenvalue weighted by molar-refractivity contribution is -0.142. The second kappa shape index (κ2) is 11.2. The van der Waals surface area contributed by atoms with Gasteiger partial charge in [-0.3, -0.25) is 9.69 Å². The minimum Gasteiger partial charge on any atom is -0.481 e. The summed E-state index contributed by atoms with van der Waals surface area (Å²) in [5.74, 6) is -1.51. The molecule has 0 amide bonds. The number of likely N-dealkylation sites (tertiary alicyclic amines) is 1. The van der Waals surface area contributed by atoms with Crippen LogP contribution in [0.2, 0.25) is 0 Å². The van der Waals surface area contributed by atoms with Crippen LogP contribution < -0.4 is 0 Å². The summed E-state index contributed by atoms with van der Waals surface area (Å²) in [6.45, 7) is 1.72. The molecule has 0 saturated carbocycles. The van der Waals surface area contributed by atoms with E-state index in [2.05, 4.69) is 0 Å². The molecule has 1 aliphatic heterocycles. The van der Waals surface area contributed by atoms with Crippen LogP contribution in [-0.2, 0) is 23.3 Å². The molecule has 0 bridgehead atoms. The number of carbonyl (C=O) groups is 1. The number of halogens is 9. The fraction of sp³-hybridized carbons (Fsp3) is 0.500. The van der Waals surface area contributed by atoms with Crippen LogP contribution in [0.3, 0.4) is 0 Å². The Morgan fingerprint density at radius 2 is 1.50 bits per heavy atom. The number of carboxylic acids is 1. The fourth-order valence-corrected chi connectivity index (χ4v) is 5.13. The van der Waals surface area contributed by atoms with Crippen molar-refractivity contribution in [3.63, 3.8) is 0 Å². The van der Waals surface area contributed by atoms with E-state index in [1.807, 2.05) is 0 Å². The number of piperidine rings is 1. The van der Waals surface area contributed by atoms with Gasteiger partial charge in [0, 0.05) is 18.5 Å². The van der Waals surface area contributed by atoms with Gasteiger partial charge in [0.05, 0.1) is 16.7 Å². The molecular formula is C26H26F9NO2. The van der Waals surface area contributed by atoms with Crippen LogP contribution in [0.5, 0.6) is 0 Å². The summed E-state index contributed by atoms with van der Waals surface area (Å²) in [5.41, 5.74) is -3.65. The summed E-state index contributed by atoms with van der Waals surface area (Å²) in [4.78, 5) is 12.9. The minimum atomic E-state index is -4.95. The van der Waals surface area contributed by atoms with Gasteiger partial charge in [-0.2, -0.15) is 39.5 Å². The Morgan fingerprint density at radius 3 is 2.00 bits per heavy atom. The van der Waals surface area contributed by atoms with E-state index < -0.39 is 64.8 Å². The van der Waals surface area contributed by atoms with E-state index in [1.165, 1.54) is 12.1 Å². The standard InChI is InChI=1S/C26H26F9NO2/c1-2-3-21(19-14-18(25(30,31)32)8-9-20(19)26(33,34)35)36-11-10-15(13-23(37)38)12-22(36)16-4-6-17(7-5-16)24(27,28)29/h4-9,14-15,21-22H,2-3,10-13H2,1H3,(H,37,38). The number of hydrogen-bond donors (Lipinski definition) is 1. The van der Waals surface area contributed by atoms with Gasteiger partial charge in [-0.15, -0.1) is 0 Å². The Labute approximate surface area is 213 Å². The third-order valence-electron chi connectivity index (χ3n) is 6.84. The smallest absolute Gasteiger partial charge is 0.416 e. The highest BCUT2D eigenvalue weighted by atomic mass is 19.4. The van der Waals surface area contributed by atoms with Gasteiger partial charge in [0.25, 0.3) is 0 Å². The minimum absolute atomic E-state index is 0.0467. The maximum absolute atomic E-state index is 14.0. The molecule has 0 aliphatic carbocycles. The van der Waals surface area contributed by atoms with Gasteiger partial charge in [0.1, 0.15) is 0 Å². The van der Waals surface area contributed by atoms with Crippen LogP contribution in [0.1, 0.15) is 78.9 Å². The topological polar surface area (TPSA) is 40.5 Å². The van der Waals surface area contributed by atoms with Crippen molar-refractivity contribution in [3.8, 4) is 0 Å². The van der Waals surface area contributed by atoms with E-state index in [0.29, 0.717) is 30.2 Å². The lowest BCUT2D eigenvalue weighted by Crippen LogP contribution is -2.40. The van der Waals surface area contributed by atoms with Crippen LogP contribution in [0.4, 0.5) is 39.5 Å². The zero-order chi connectivity index (χ0) is 28.5. The van der Waals surface area contributed by atoms with Crippen molar-refractivity contribution in [2.75, 3.05) is 6.54 Å². The van der Waals surface area contributed by atoms with Crippen molar-refractivity contribution in [1.29, 1.82) is 0 Å². The molecule has 210 valence electrons. The summed E-state index contributed by atoms with van der Waals surface area (Å²) in [6.07, 6.45) is -14.0. The predicted molar refractivity (Wildman–Crippen MR) is 120 cm³/mol. The number of benzene rings is 2. The first-order valence-electron chi connectivity index (χ1n) is 11.9. The number of aliphatic carboxylic acids is 1. The van der Waals surface area contributed by atoms with Crippen LogP contribution in [0, 0.1) is 5.92 Å². The highest BCUT2D eigenvalue weighted by Gasteiger charge is 2.42. The maximum atomic E-state index is 14.0. The van der Waals surface area contributed by atoms with E-state index in [-0.39, 0.29) is 32.2 Å². The number of nitrogens with zero attached hydrogens (tertiary/aromatic N) is 1. The van der Waals surface area contributed by atoms with Crippen LogP contribution in [0.25, 0.3) is 0 Å². The largest absolute Gasteiger partial charge is 0.481 e. The van der Waals surface area contributed by atoms with Gasteiger partial charge in [-0.1, -0.05) is 25.5 Å². The second-order valence-electron chi connectivity index (χ2n) is 9.46. The molecule has 0 spiro atoms. The fourth-order valence-electron chi connectivity index (χ4n) is 5.13. The van der Waals surface area contributed by atoms with Gasteiger partial charge < -0.3 is 5.11 Å². The van der Waals surface area contributed by atoms with Crippen molar-refractivity contribution >= 4 is 5.97 Å². The Morgan fingerprint density at radius 1 is 0.921 bits per heavy atom. The van der Waals surface area contributed by atoms with E-state index in [4.69, 9.17) is 0 Å². The van der Waals surface area contributed by atoms with Crippen molar-refractivity contribution in [1.82, 2.24) is 4.90 Å². The van der Waals surface area contributed by atoms with E-state index in [1.54, 1.807) is 11.8 Å². The highest BCUT2D eigenvalue weighted by Crippen LogP contribution is 2.47. The van der Waals surface area contributed by atoms with Gasteiger partial charge >= 0.3 is 24.5 Å². The first-order chi connectivity index (χ1) is 17.5. The monoisotopic (exact) mass is 555 g/mol.